The highest BCUT2D eigenvalue weighted by molar-refractivity contribution is 7.10. The van der Waals surface area contributed by atoms with Crippen molar-refractivity contribution in [1.82, 2.24) is 4.90 Å². The molecular formula is C20H19Cl2N3OS. The first-order chi connectivity index (χ1) is 12.9. The fraction of sp³-hybridized carbons (Fsp3) is 0.350. The average Bonchev–Trinajstić information content (AvgIpc) is 3.23. The van der Waals surface area contributed by atoms with Gasteiger partial charge in [0.1, 0.15) is 0 Å². The summed E-state index contributed by atoms with van der Waals surface area (Å²) in [4.78, 5) is 25.4. The predicted molar refractivity (Wildman–Crippen MR) is 113 cm³/mol. The summed E-state index contributed by atoms with van der Waals surface area (Å²) in [6, 6.07) is 9.42. The van der Waals surface area contributed by atoms with Gasteiger partial charge >= 0.3 is 0 Å². The minimum Gasteiger partial charge on any atom is -0.342 e. The molecule has 1 aromatic carbocycles. The summed E-state index contributed by atoms with van der Waals surface area (Å²) in [5, 5.41) is 3.17. The van der Waals surface area contributed by atoms with E-state index in [-0.39, 0.29) is 5.91 Å². The molecule has 0 bridgehead atoms. The lowest BCUT2D eigenvalue weighted by Crippen LogP contribution is -2.45. The van der Waals surface area contributed by atoms with Crippen LogP contribution in [0.4, 0.5) is 0 Å². The monoisotopic (exact) mass is 419 g/mol. The zero-order valence-corrected chi connectivity index (χ0v) is 17.2. The SMILES string of the molecule is CC1=NC2(CCN(C(=O)Cc3cccs3)CC2)N=C1c1cc(Cl)cc(Cl)c1. The molecule has 4 rings (SSSR count). The fourth-order valence-corrected chi connectivity index (χ4v) is 4.88. The van der Waals surface area contributed by atoms with Gasteiger partial charge in [0, 0.05) is 46.4 Å². The van der Waals surface area contributed by atoms with Crippen LogP contribution in [-0.4, -0.2) is 41.0 Å². The van der Waals surface area contributed by atoms with Gasteiger partial charge < -0.3 is 4.90 Å². The van der Waals surface area contributed by atoms with E-state index in [4.69, 9.17) is 33.2 Å². The van der Waals surface area contributed by atoms with Gasteiger partial charge in [-0.05, 0) is 36.6 Å². The molecule has 0 aliphatic carbocycles. The van der Waals surface area contributed by atoms with E-state index >= 15 is 0 Å². The van der Waals surface area contributed by atoms with Crippen molar-refractivity contribution in [3.8, 4) is 0 Å². The van der Waals surface area contributed by atoms with E-state index in [2.05, 4.69) is 0 Å². The lowest BCUT2D eigenvalue weighted by molar-refractivity contribution is -0.131. The van der Waals surface area contributed by atoms with Crippen LogP contribution < -0.4 is 0 Å². The zero-order chi connectivity index (χ0) is 19.0. The van der Waals surface area contributed by atoms with Gasteiger partial charge in [-0.2, -0.15) is 0 Å². The highest BCUT2D eigenvalue weighted by atomic mass is 35.5. The van der Waals surface area contributed by atoms with Crippen molar-refractivity contribution in [2.24, 2.45) is 9.98 Å². The third-order valence-electron chi connectivity index (χ3n) is 5.00. The number of thiophene rings is 1. The molecule has 2 aliphatic rings. The molecule has 4 nitrogen and oxygen atoms in total. The summed E-state index contributed by atoms with van der Waals surface area (Å²) >= 11 is 13.9. The number of halogens is 2. The van der Waals surface area contributed by atoms with Crippen LogP contribution in [0.5, 0.6) is 0 Å². The highest BCUT2D eigenvalue weighted by Gasteiger charge is 2.39. The van der Waals surface area contributed by atoms with Gasteiger partial charge in [-0.3, -0.25) is 14.8 Å². The Balaban J connectivity index is 1.48. The Labute approximate surface area is 172 Å². The standard InChI is InChI=1S/C20H19Cl2N3OS/c1-13-19(14-9-15(21)11-16(22)10-14)24-20(23-13)4-6-25(7-5-20)18(26)12-17-3-2-8-27-17/h2-3,8-11H,4-7,12H2,1H3. The summed E-state index contributed by atoms with van der Waals surface area (Å²) in [6.45, 7) is 3.32. The van der Waals surface area contributed by atoms with E-state index in [1.54, 1.807) is 17.4 Å². The van der Waals surface area contributed by atoms with Gasteiger partial charge in [0.05, 0.1) is 17.8 Å². The Hall–Kier alpha value is -1.69. The van der Waals surface area contributed by atoms with Crippen molar-refractivity contribution in [3.05, 3.63) is 56.2 Å². The van der Waals surface area contributed by atoms with Gasteiger partial charge in [-0.25, -0.2) is 0 Å². The molecule has 1 saturated heterocycles. The number of carbonyl (C=O) groups excluding carboxylic acids is 1. The lowest BCUT2D eigenvalue weighted by Gasteiger charge is -2.35. The maximum absolute atomic E-state index is 12.5. The van der Waals surface area contributed by atoms with Crippen LogP contribution >= 0.6 is 34.5 Å². The number of amides is 1. The third-order valence-corrected chi connectivity index (χ3v) is 6.31. The van der Waals surface area contributed by atoms with Gasteiger partial charge in [-0.15, -0.1) is 11.3 Å². The average molecular weight is 420 g/mol. The van der Waals surface area contributed by atoms with Gasteiger partial charge in [0.15, 0.2) is 5.66 Å². The number of rotatable bonds is 3. The van der Waals surface area contributed by atoms with Gasteiger partial charge in [0.2, 0.25) is 5.91 Å². The van der Waals surface area contributed by atoms with Crippen LogP contribution in [0.2, 0.25) is 10.0 Å². The minimum absolute atomic E-state index is 0.178. The molecular weight excluding hydrogens is 401 g/mol. The summed E-state index contributed by atoms with van der Waals surface area (Å²) in [5.74, 6) is 0.178. The largest absolute Gasteiger partial charge is 0.342 e. The van der Waals surface area contributed by atoms with Crippen molar-refractivity contribution in [2.75, 3.05) is 13.1 Å². The second-order valence-electron chi connectivity index (χ2n) is 6.94. The van der Waals surface area contributed by atoms with Crippen molar-refractivity contribution in [3.63, 3.8) is 0 Å². The quantitative estimate of drug-likeness (QED) is 0.698. The maximum atomic E-state index is 12.5. The molecule has 27 heavy (non-hydrogen) atoms. The molecule has 1 aromatic heterocycles. The summed E-state index contributed by atoms with van der Waals surface area (Å²) in [5.41, 5.74) is 2.17. The molecule has 140 valence electrons. The number of benzene rings is 1. The molecule has 7 heteroatoms. The number of carbonyl (C=O) groups is 1. The Bertz CT molecular complexity index is 908. The van der Waals surface area contributed by atoms with Crippen LogP contribution in [-0.2, 0) is 11.2 Å². The Morgan fingerprint density at radius 3 is 2.52 bits per heavy atom. The van der Waals surface area contributed by atoms with Crippen molar-refractivity contribution in [2.45, 2.75) is 31.8 Å². The molecule has 0 atom stereocenters. The van der Waals surface area contributed by atoms with Crippen molar-refractivity contribution in [1.29, 1.82) is 0 Å². The first-order valence-electron chi connectivity index (χ1n) is 8.87. The number of aliphatic imine (C=N–C) groups is 2. The van der Waals surface area contributed by atoms with E-state index < -0.39 is 5.66 Å². The second kappa shape index (κ2) is 7.38. The molecule has 3 heterocycles. The molecule has 1 amide bonds. The zero-order valence-electron chi connectivity index (χ0n) is 14.9. The Morgan fingerprint density at radius 2 is 1.89 bits per heavy atom. The van der Waals surface area contributed by atoms with Crippen LogP contribution in [0.25, 0.3) is 0 Å². The van der Waals surface area contributed by atoms with Gasteiger partial charge in [0.25, 0.3) is 0 Å². The van der Waals surface area contributed by atoms with Gasteiger partial charge in [-0.1, -0.05) is 29.3 Å². The van der Waals surface area contributed by atoms with E-state index in [0.29, 0.717) is 29.6 Å². The first-order valence-corrected chi connectivity index (χ1v) is 10.5. The third kappa shape index (κ3) is 3.96. The minimum atomic E-state index is -0.464. The summed E-state index contributed by atoms with van der Waals surface area (Å²) in [7, 11) is 0. The fourth-order valence-electron chi connectivity index (χ4n) is 3.65. The molecule has 0 N–H and O–H groups in total. The van der Waals surface area contributed by atoms with Crippen molar-refractivity contribution >= 4 is 51.9 Å². The second-order valence-corrected chi connectivity index (χ2v) is 8.84. The number of likely N-dealkylation sites (tertiary alicyclic amines) is 1. The van der Waals surface area contributed by atoms with Crippen LogP contribution in [0.15, 0.2) is 45.7 Å². The highest BCUT2D eigenvalue weighted by Crippen LogP contribution is 2.34. The van der Waals surface area contributed by atoms with E-state index in [9.17, 15) is 4.79 Å². The molecule has 0 saturated carbocycles. The summed E-state index contributed by atoms with van der Waals surface area (Å²) in [6.07, 6.45) is 1.94. The molecule has 0 radical (unpaired) electrons. The first kappa shape index (κ1) is 18.7. The molecule has 1 fully saturated rings. The van der Waals surface area contributed by atoms with Crippen LogP contribution in [0.1, 0.15) is 30.2 Å². The van der Waals surface area contributed by atoms with Crippen molar-refractivity contribution < 1.29 is 4.79 Å². The molecule has 2 aliphatic heterocycles. The lowest BCUT2D eigenvalue weighted by atomic mass is 9.98. The normalized spacial score (nSPS) is 18.6. The van der Waals surface area contributed by atoms with E-state index in [1.165, 1.54) is 0 Å². The number of hydrogen-bond acceptors (Lipinski definition) is 4. The number of piperidine rings is 1. The van der Waals surface area contributed by atoms with E-state index in [0.717, 1.165) is 34.7 Å². The molecule has 0 unspecified atom stereocenters. The van der Waals surface area contributed by atoms with Crippen LogP contribution in [0.3, 0.4) is 0 Å². The maximum Gasteiger partial charge on any atom is 0.227 e. The molecule has 2 aromatic rings. The smallest absolute Gasteiger partial charge is 0.227 e. The van der Waals surface area contributed by atoms with Crippen LogP contribution in [0, 0.1) is 0 Å². The van der Waals surface area contributed by atoms with E-state index in [1.807, 2.05) is 41.5 Å². The Kier molecular flexibility index (Phi) is 5.10. The topological polar surface area (TPSA) is 45.0 Å². The number of hydrogen-bond donors (Lipinski definition) is 0. The molecule has 1 spiro atoms. The Morgan fingerprint density at radius 1 is 1.19 bits per heavy atom. The predicted octanol–water partition coefficient (Wildman–Crippen LogP) is 4.88. The summed E-state index contributed by atoms with van der Waals surface area (Å²) < 4.78 is 0. The number of nitrogens with zero attached hydrogens (tertiary/aromatic N) is 3.